The SMILES string of the molecule is COCCOc1cc(F)cc(C2CCCN2C)c1. The monoisotopic (exact) mass is 253 g/mol. The molecule has 1 aromatic carbocycles. The molecule has 3 nitrogen and oxygen atoms in total. The van der Waals surface area contributed by atoms with E-state index in [-0.39, 0.29) is 5.82 Å². The second kappa shape index (κ2) is 6.16. The Bertz CT molecular complexity index is 397. The topological polar surface area (TPSA) is 21.7 Å². The number of likely N-dealkylation sites (tertiary alicyclic amines) is 1. The second-order valence-corrected chi connectivity index (χ2v) is 4.70. The van der Waals surface area contributed by atoms with E-state index < -0.39 is 0 Å². The number of benzene rings is 1. The first kappa shape index (κ1) is 13.3. The molecule has 0 spiro atoms. The summed E-state index contributed by atoms with van der Waals surface area (Å²) in [5.41, 5.74) is 1.00. The van der Waals surface area contributed by atoms with Gasteiger partial charge in [-0.25, -0.2) is 4.39 Å². The van der Waals surface area contributed by atoms with Crippen molar-refractivity contribution in [1.29, 1.82) is 0 Å². The van der Waals surface area contributed by atoms with E-state index in [0.717, 1.165) is 24.9 Å². The van der Waals surface area contributed by atoms with Crippen LogP contribution in [0.2, 0.25) is 0 Å². The maximum absolute atomic E-state index is 13.6. The first-order valence-corrected chi connectivity index (χ1v) is 6.33. The lowest BCUT2D eigenvalue weighted by molar-refractivity contribution is 0.146. The number of ether oxygens (including phenoxy) is 2. The maximum Gasteiger partial charge on any atom is 0.127 e. The molecule has 0 saturated carbocycles. The molecule has 0 aliphatic carbocycles. The molecule has 1 unspecified atom stereocenters. The van der Waals surface area contributed by atoms with Crippen molar-refractivity contribution >= 4 is 0 Å². The van der Waals surface area contributed by atoms with E-state index in [1.54, 1.807) is 13.2 Å². The van der Waals surface area contributed by atoms with Gasteiger partial charge in [-0.05, 0) is 44.1 Å². The molecule has 100 valence electrons. The van der Waals surface area contributed by atoms with E-state index in [4.69, 9.17) is 9.47 Å². The molecule has 1 fully saturated rings. The Balaban J connectivity index is 2.10. The van der Waals surface area contributed by atoms with Crippen LogP contribution in [0.25, 0.3) is 0 Å². The number of hydrogen-bond acceptors (Lipinski definition) is 3. The Morgan fingerprint density at radius 2 is 2.17 bits per heavy atom. The summed E-state index contributed by atoms with van der Waals surface area (Å²) in [6, 6.07) is 5.28. The van der Waals surface area contributed by atoms with Gasteiger partial charge in [0.15, 0.2) is 0 Å². The van der Waals surface area contributed by atoms with Crippen molar-refractivity contribution in [2.45, 2.75) is 18.9 Å². The van der Waals surface area contributed by atoms with Crippen molar-refractivity contribution in [2.24, 2.45) is 0 Å². The van der Waals surface area contributed by atoms with Crippen LogP contribution in [0.3, 0.4) is 0 Å². The highest BCUT2D eigenvalue weighted by atomic mass is 19.1. The van der Waals surface area contributed by atoms with Crippen LogP contribution in [0.1, 0.15) is 24.4 Å². The molecule has 0 aromatic heterocycles. The van der Waals surface area contributed by atoms with Gasteiger partial charge in [0.1, 0.15) is 18.2 Å². The molecule has 0 bridgehead atoms. The smallest absolute Gasteiger partial charge is 0.127 e. The summed E-state index contributed by atoms with van der Waals surface area (Å²) in [4.78, 5) is 2.26. The molecule has 1 atom stereocenters. The minimum atomic E-state index is -0.236. The number of methoxy groups -OCH3 is 1. The largest absolute Gasteiger partial charge is 0.491 e. The number of nitrogens with zero attached hydrogens (tertiary/aromatic N) is 1. The highest BCUT2D eigenvalue weighted by Crippen LogP contribution is 2.32. The van der Waals surface area contributed by atoms with Gasteiger partial charge in [0.25, 0.3) is 0 Å². The predicted molar refractivity (Wildman–Crippen MR) is 68.4 cm³/mol. The second-order valence-electron chi connectivity index (χ2n) is 4.70. The van der Waals surface area contributed by atoms with Crippen molar-refractivity contribution in [3.63, 3.8) is 0 Å². The summed E-state index contributed by atoms with van der Waals surface area (Å²) in [7, 11) is 3.70. The predicted octanol–water partition coefficient (Wildman–Crippen LogP) is 2.62. The summed E-state index contributed by atoms with van der Waals surface area (Å²) in [5, 5.41) is 0. The van der Waals surface area contributed by atoms with Crippen molar-refractivity contribution < 1.29 is 13.9 Å². The van der Waals surface area contributed by atoms with Gasteiger partial charge in [-0.2, -0.15) is 0 Å². The van der Waals surface area contributed by atoms with Crippen LogP contribution in [0.15, 0.2) is 18.2 Å². The van der Waals surface area contributed by atoms with Crippen LogP contribution >= 0.6 is 0 Å². The van der Waals surface area contributed by atoms with Gasteiger partial charge in [0, 0.05) is 19.2 Å². The Kier molecular flexibility index (Phi) is 4.55. The van der Waals surface area contributed by atoms with Gasteiger partial charge in [0.05, 0.1) is 6.61 Å². The molecule has 1 heterocycles. The lowest BCUT2D eigenvalue weighted by Crippen LogP contribution is -2.17. The maximum atomic E-state index is 13.6. The van der Waals surface area contributed by atoms with Gasteiger partial charge in [-0.3, -0.25) is 4.90 Å². The van der Waals surface area contributed by atoms with Crippen LogP contribution in [0.4, 0.5) is 4.39 Å². The molecular weight excluding hydrogens is 233 g/mol. The third-order valence-corrected chi connectivity index (χ3v) is 3.36. The highest BCUT2D eigenvalue weighted by Gasteiger charge is 2.23. The van der Waals surface area contributed by atoms with E-state index in [2.05, 4.69) is 11.9 Å². The Morgan fingerprint density at radius 1 is 1.33 bits per heavy atom. The lowest BCUT2D eigenvalue weighted by atomic mass is 10.0. The van der Waals surface area contributed by atoms with Crippen LogP contribution in [0, 0.1) is 5.82 Å². The first-order chi connectivity index (χ1) is 8.70. The van der Waals surface area contributed by atoms with Crippen LogP contribution in [-0.2, 0) is 4.74 Å². The van der Waals surface area contributed by atoms with Crippen LogP contribution in [-0.4, -0.2) is 38.8 Å². The lowest BCUT2D eigenvalue weighted by Gasteiger charge is -2.20. The Hall–Kier alpha value is -1.13. The van der Waals surface area contributed by atoms with E-state index in [1.165, 1.54) is 6.07 Å². The first-order valence-electron chi connectivity index (χ1n) is 6.33. The molecule has 0 amide bonds. The quantitative estimate of drug-likeness (QED) is 0.753. The van der Waals surface area contributed by atoms with Gasteiger partial charge < -0.3 is 9.47 Å². The fourth-order valence-corrected chi connectivity index (χ4v) is 2.43. The van der Waals surface area contributed by atoms with Crippen molar-refractivity contribution in [1.82, 2.24) is 4.90 Å². The van der Waals surface area contributed by atoms with Crippen molar-refractivity contribution in [2.75, 3.05) is 33.9 Å². The zero-order chi connectivity index (χ0) is 13.0. The number of rotatable bonds is 5. The fraction of sp³-hybridized carbons (Fsp3) is 0.571. The number of hydrogen-bond donors (Lipinski definition) is 0. The molecule has 0 radical (unpaired) electrons. The summed E-state index contributed by atoms with van der Waals surface area (Å²) in [6.45, 7) is 2.02. The summed E-state index contributed by atoms with van der Waals surface area (Å²) < 4.78 is 24.0. The number of halogens is 1. The molecule has 1 aliphatic rings. The van der Waals surface area contributed by atoms with Crippen molar-refractivity contribution in [3.05, 3.63) is 29.6 Å². The minimum Gasteiger partial charge on any atom is -0.491 e. The highest BCUT2D eigenvalue weighted by molar-refractivity contribution is 5.32. The van der Waals surface area contributed by atoms with E-state index >= 15 is 0 Å². The fourth-order valence-electron chi connectivity index (χ4n) is 2.43. The van der Waals surface area contributed by atoms with E-state index in [0.29, 0.717) is 25.0 Å². The summed E-state index contributed by atoms with van der Waals surface area (Å²) in [6.07, 6.45) is 2.25. The normalized spacial score (nSPS) is 20.3. The Labute approximate surface area is 107 Å². The average Bonchev–Trinajstić information content (AvgIpc) is 2.75. The molecule has 4 heteroatoms. The molecule has 1 aliphatic heterocycles. The molecule has 1 aromatic rings. The molecule has 18 heavy (non-hydrogen) atoms. The zero-order valence-corrected chi connectivity index (χ0v) is 11.0. The Morgan fingerprint density at radius 3 is 2.83 bits per heavy atom. The van der Waals surface area contributed by atoms with Gasteiger partial charge in [0.2, 0.25) is 0 Å². The van der Waals surface area contributed by atoms with Gasteiger partial charge in [-0.1, -0.05) is 0 Å². The van der Waals surface area contributed by atoms with E-state index in [1.807, 2.05) is 6.07 Å². The molecule has 0 N–H and O–H groups in total. The standard InChI is InChI=1S/C14H20FNO2/c1-16-5-3-4-14(16)11-8-12(15)10-13(9-11)18-7-6-17-2/h8-10,14H,3-7H2,1-2H3. The average molecular weight is 253 g/mol. The minimum absolute atomic E-state index is 0.236. The van der Waals surface area contributed by atoms with E-state index in [9.17, 15) is 4.39 Å². The third-order valence-electron chi connectivity index (χ3n) is 3.36. The van der Waals surface area contributed by atoms with Crippen LogP contribution < -0.4 is 4.74 Å². The zero-order valence-electron chi connectivity index (χ0n) is 11.0. The van der Waals surface area contributed by atoms with Gasteiger partial charge >= 0.3 is 0 Å². The molecule has 2 rings (SSSR count). The third kappa shape index (κ3) is 3.21. The van der Waals surface area contributed by atoms with Gasteiger partial charge in [-0.15, -0.1) is 0 Å². The van der Waals surface area contributed by atoms with Crippen LogP contribution in [0.5, 0.6) is 5.75 Å². The summed E-state index contributed by atoms with van der Waals surface area (Å²) >= 11 is 0. The molecular formula is C14H20FNO2. The van der Waals surface area contributed by atoms with Crippen molar-refractivity contribution in [3.8, 4) is 5.75 Å². The molecule has 1 saturated heterocycles. The summed E-state index contributed by atoms with van der Waals surface area (Å²) in [5.74, 6) is 0.350.